The van der Waals surface area contributed by atoms with Crippen molar-refractivity contribution in [2.24, 2.45) is 4.99 Å². The highest BCUT2D eigenvalue weighted by Gasteiger charge is 2.19. The summed E-state index contributed by atoms with van der Waals surface area (Å²) in [5.74, 6) is -1.64. The normalized spacial score (nSPS) is 26.1. The highest BCUT2D eigenvalue weighted by atomic mass is 32.2. The molecular formula is C13H16F2N2S. The van der Waals surface area contributed by atoms with E-state index in [1.54, 1.807) is 17.8 Å². The molecule has 2 rings (SSSR count). The van der Waals surface area contributed by atoms with Crippen LogP contribution in [0.25, 0.3) is 0 Å². The van der Waals surface area contributed by atoms with Crippen LogP contribution >= 0.6 is 11.8 Å². The summed E-state index contributed by atoms with van der Waals surface area (Å²) in [5.41, 5.74) is 0.676. The van der Waals surface area contributed by atoms with Crippen molar-refractivity contribution in [2.75, 3.05) is 0 Å². The molecule has 1 aromatic rings. The Kier molecular flexibility index (Phi) is 4.22. The van der Waals surface area contributed by atoms with Gasteiger partial charge in [-0.05, 0) is 31.0 Å². The van der Waals surface area contributed by atoms with Crippen LogP contribution in [0.4, 0.5) is 8.78 Å². The van der Waals surface area contributed by atoms with Crippen LogP contribution in [0.15, 0.2) is 23.2 Å². The molecule has 0 radical (unpaired) electrons. The summed E-state index contributed by atoms with van der Waals surface area (Å²) in [6.45, 7) is 4.64. The Balaban J connectivity index is 2.03. The first-order chi connectivity index (χ1) is 8.54. The highest BCUT2D eigenvalue weighted by molar-refractivity contribution is 8.14. The number of hydrogen-bond donors (Lipinski definition) is 1. The summed E-state index contributed by atoms with van der Waals surface area (Å²) >= 11 is 1.69. The van der Waals surface area contributed by atoms with E-state index in [-0.39, 0.29) is 0 Å². The summed E-state index contributed by atoms with van der Waals surface area (Å²) in [6, 6.07) is 4.30. The van der Waals surface area contributed by atoms with Gasteiger partial charge in [-0.25, -0.2) is 8.78 Å². The average Bonchev–Trinajstić information content (AvgIpc) is 2.29. The Hall–Kier alpha value is -1.10. The van der Waals surface area contributed by atoms with E-state index < -0.39 is 11.6 Å². The first kappa shape index (κ1) is 13.3. The molecule has 98 valence electrons. The minimum Gasteiger partial charge on any atom is -0.362 e. The van der Waals surface area contributed by atoms with E-state index in [0.717, 1.165) is 17.7 Å². The van der Waals surface area contributed by atoms with Gasteiger partial charge >= 0.3 is 0 Å². The second kappa shape index (κ2) is 5.69. The number of thioether (sulfide) groups is 1. The molecule has 0 saturated carbocycles. The number of aliphatic imine (C=N–C) groups is 1. The average molecular weight is 270 g/mol. The lowest BCUT2D eigenvalue weighted by Crippen LogP contribution is -2.38. The summed E-state index contributed by atoms with van der Waals surface area (Å²) in [5, 5.41) is 4.70. The lowest BCUT2D eigenvalue weighted by molar-refractivity contribution is 0.507. The first-order valence-corrected chi connectivity index (χ1v) is 6.84. The number of nitrogens with zero attached hydrogens (tertiary/aromatic N) is 1. The Bertz CT molecular complexity index is 450. The number of halogens is 2. The maximum absolute atomic E-state index is 13.0. The second-order valence-electron chi connectivity index (χ2n) is 4.58. The van der Waals surface area contributed by atoms with Gasteiger partial charge < -0.3 is 5.32 Å². The zero-order valence-corrected chi connectivity index (χ0v) is 11.2. The molecule has 2 unspecified atom stereocenters. The van der Waals surface area contributed by atoms with Gasteiger partial charge in [0.1, 0.15) is 0 Å². The molecule has 0 spiro atoms. The fourth-order valence-electron chi connectivity index (χ4n) is 1.92. The second-order valence-corrected chi connectivity index (χ2v) is 6.01. The molecule has 1 saturated heterocycles. The molecule has 2 atom stereocenters. The largest absolute Gasteiger partial charge is 0.362 e. The zero-order valence-electron chi connectivity index (χ0n) is 10.4. The van der Waals surface area contributed by atoms with Gasteiger partial charge in [0.2, 0.25) is 0 Å². The molecule has 0 aromatic heterocycles. The van der Waals surface area contributed by atoms with Crippen molar-refractivity contribution in [3.63, 3.8) is 0 Å². The van der Waals surface area contributed by atoms with Crippen molar-refractivity contribution < 1.29 is 8.78 Å². The number of benzene rings is 1. The molecule has 0 bridgehead atoms. The van der Waals surface area contributed by atoms with Crippen molar-refractivity contribution in [2.45, 2.75) is 38.1 Å². The lowest BCUT2D eigenvalue weighted by atomic mass is 10.2. The third-order valence-corrected chi connectivity index (χ3v) is 3.82. The van der Waals surface area contributed by atoms with Gasteiger partial charge in [-0.2, -0.15) is 0 Å². The van der Waals surface area contributed by atoms with E-state index in [2.05, 4.69) is 24.2 Å². The van der Waals surface area contributed by atoms with Crippen LogP contribution in [0.5, 0.6) is 0 Å². The molecule has 0 amide bonds. The molecule has 1 aliphatic heterocycles. The van der Waals surface area contributed by atoms with E-state index in [1.165, 1.54) is 6.07 Å². The van der Waals surface area contributed by atoms with Gasteiger partial charge in [0.05, 0.1) is 6.54 Å². The third kappa shape index (κ3) is 3.45. The number of amidine groups is 1. The van der Waals surface area contributed by atoms with E-state index >= 15 is 0 Å². The van der Waals surface area contributed by atoms with Gasteiger partial charge in [0.15, 0.2) is 16.8 Å². The SMILES string of the molecule is CC1CC(C)SC(=NCc2ccc(F)c(F)c2)N1. The molecule has 1 fully saturated rings. The number of nitrogens with one attached hydrogen (secondary N) is 1. The van der Waals surface area contributed by atoms with Crippen LogP contribution in [-0.2, 0) is 6.54 Å². The van der Waals surface area contributed by atoms with E-state index in [0.29, 0.717) is 23.4 Å². The van der Waals surface area contributed by atoms with Gasteiger partial charge in [-0.1, -0.05) is 24.8 Å². The van der Waals surface area contributed by atoms with Crippen molar-refractivity contribution in [1.29, 1.82) is 0 Å². The van der Waals surface area contributed by atoms with Crippen molar-refractivity contribution in [1.82, 2.24) is 5.32 Å². The monoisotopic (exact) mass is 270 g/mol. The molecular weight excluding hydrogens is 254 g/mol. The van der Waals surface area contributed by atoms with E-state index in [9.17, 15) is 8.78 Å². The molecule has 1 aliphatic rings. The molecule has 5 heteroatoms. The Morgan fingerprint density at radius 1 is 1.33 bits per heavy atom. The van der Waals surface area contributed by atoms with Crippen molar-refractivity contribution >= 4 is 16.9 Å². The minimum absolute atomic E-state index is 0.367. The standard InChI is InChI=1S/C13H16F2N2S/c1-8-5-9(2)18-13(17-8)16-7-10-3-4-11(14)12(15)6-10/h3-4,6,8-9H,5,7H2,1-2H3,(H,16,17). The zero-order chi connectivity index (χ0) is 13.1. The van der Waals surface area contributed by atoms with Crippen LogP contribution in [-0.4, -0.2) is 16.5 Å². The summed E-state index contributed by atoms with van der Waals surface area (Å²) in [4.78, 5) is 4.40. The Labute approximate surface area is 110 Å². The molecule has 1 aromatic carbocycles. The third-order valence-electron chi connectivity index (χ3n) is 2.76. The summed E-state index contributed by atoms with van der Waals surface area (Å²) < 4.78 is 25.8. The van der Waals surface area contributed by atoms with Crippen LogP contribution in [0, 0.1) is 11.6 Å². The molecule has 18 heavy (non-hydrogen) atoms. The van der Waals surface area contributed by atoms with Gasteiger partial charge in [0.25, 0.3) is 0 Å². The van der Waals surface area contributed by atoms with Crippen LogP contribution in [0.2, 0.25) is 0 Å². The van der Waals surface area contributed by atoms with Crippen LogP contribution < -0.4 is 5.32 Å². The lowest BCUT2D eigenvalue weighted by Gasteiger charge is -2.26. The van der Waals surface area contributed by atoms with Crippen LogP contribution in [0.1, 0.15) is 25.8 Å². The maximum atomic E-state index is 13.0. The van der Waals surface area contributed by atoms with Gasteiger partial charge in [0, 0.05) is 11.3 Å². The quantitative estimate of drug-likeness (QED) is 0.891. The molecule has 1 heterocycles. The van der Waals surface area contributed by atoms with Crippen molar-refractivity contribution in [3.05, 3.63) is 35.4 Å². The summed E-state index contributed by atoms with van der Waals surface area (Å²) in [7, 11) is 0. The predicted octanol–water partition coefficient (Wildman–Crippen LogP) is 3.32. The van der Waals surface area contributed by atoms with Gasteiger partial charge in [-0.3, -0.25) is 4.99 Å². The summed E-state index contributed by atoms with van der Waals surface area (Å²) in [6.07, 6.45) is 1.11. The van der Waals surface area contributed by atoms with Crippen LogP contribution in [0.3, 0.4) is 0 Å². The molecule has 2 nitrogen and oxygen atoms in total. The predicted molar refractivity (Wildman–Crippen MR) is 71.8 cm³/mol. The first-order valence-electron chi connectivity index (χ1n) is 5.96. The Morgan fingerprint density at radius 2 is 2.11 bits per heavy atom. The maximum Gasteiger partial charge on any atom is 0.159 e. The smallest absolute Gasteiger partial charge is 0.159 e. The van der Waals surface area contributed by atoms with Crippen molar-refractivity contribution in [3.8, 4) is 0 Å². The highest BCUT2D eigenvalue weighted by Crippen LogP contribution is 2.22. The fourth-order valence-corrected chi connectivity index (χ4v) is 3.10. The van der Waals surface area contributed by atoms with E-state index in [4.69, 9.17) is 0 Å². The van der Waals surface area contributed by atoms with Gasteiger partial charge in [-0.15, -0.1) is 0 Å². The number of rotatable bonds is 2. The number of hydrogen-bond acceptors (Lipinski definition) is 2. The Morgan fingerprint density at radius 3 is 2.78 bits per heavy atom. The topological polar surface area (TPSA) is 24.4 Å². The molecule has 0 aliphatic carbocycles. The van der Waals surface area contributed by atoms with E-state index in [1.807, 2.05) is 0 Å². The fraction of sp³-hybridized carbons (Fsp3) is 0.462. The minimum atomic E-state index is -0.821. The molecule has 1 N–H and O–H groups in total.